The Labute approximate surface area is 93.5 Å². The predicted molar refractivity (Wildman–Crippen MR) is 59.4 cm³/mol. The molecular weight excluding hydrogens is 200 g/mol. The Kier molecular flexibility index (Phi) is 2.18. The molecule has 0 aromatic carbocycles. The zero-order chi connectivity index (χ0) is 10.8. The van der Waals surface area contributed by atoms with Gasteiger partial charge in [-0.25, -0.2) is 4.68 Å². The van der Waals surface area contributed by atoms with Gasteiger partial charge in [0.05, 0.1) is 12.1 Å². The lowest BCUT2D eigenvalue weighted by molar-refractivity contribution is -0.783. The molecule has 0 saturated carbocycles. The van der Waals surface area contributed by atoms with Crippen molar-refractivity contribution in [2.45, 2.75) is 6.17 Å². The van der Waals surface area contributed by atoms with E-state index in [0.29, 0.717) is 5.92 Å². The molecule has 0 radical (unpaired) electrons. The van der Waals surface area contributed by atoms with Crippen LogP contribution in [0, 0.1) is 5.92 Å². The molecule has 4 heteroatoms. The monoisotopic (exact) mass is 213 g/mol. The molecular formula is C12H13N4+. The second kappa shape index (κ2) is 3.81. The number of aromatic amines is 1. The molecule has 1 unspecified atom stereocenters. The SMILES string of the molecule is C1=CC(C(n2cccn2)[n+]2ccc[nH]2)C=C1. The van der Waals surface area contributed by atoms with Gasteiger partial charge in [-0.3, -0.25) is 0 Å². The van der Waals surface area contributed by atoms with E-state index in [-0.39, 0.29) is 6.17 Å². The summed E-state index contributed by atoms with van der Waals surface area (Å²) in [5.74, 6) is 0.337. The van der Waals surface area contributed by atoms with Gasteiger partial charge >= 0.3 is 0 Å². The van der Waals surface area contributed by atoms with Gasteiger partial charge in [-0.2, -0.15) is 10.2 Å². The van der Waals surface area contributed by atoms with Crippen LogP contribution in [0.5, 0.6) is 0 Å². The Balaban J connectivity index is 2.01. The summed E-state index contributed by atoms with van der Waals surface area (Å²) in [5, 5.41) is 7.52. The molecule has 4 nitrogen and oxygen atoms in total. The zero-order valence-electron chi connectivity index (χ0n) is 8.77. The minimum Gasteiger partial charge on any atom is -0.207 e. The number of H-pyrrole nitrogens is 1. The van der Waals surface area contributed by atoms with Crippen molar-refractivity contribution < 1.29 is 4.68 Å². The number of hydrogen-bond donors (Lipinski definition) is 1. The summed E-state index contributed by atoms with van der Waals surface area (Å²) in [4.78, 5) is 0. The summed E-state index contributed by atoms with van der Waals surface area (Å²) in [6, 6.07) is 3.93. The van der Waals surface area contributed by atoms with Gasteiger partial charge < -0.3 is 0 Å². The first-order valence-electron chi connectivity index (χ1n) is 5.34. The number of allylic oxidation sites excluding steroid dienone is 4. The van der Waals surface area contributed by atoms with Gasteiger partial charge in [-0.1, -0.05) is 29.0 Å². The maximum Gasteiger partial charge on any atom is 0.284 e. The van der Waals surface area contributed by atoms with E-state index in [0.717, 1.165) is 0 Å². The van der Waals surface area contributed by atoms with Crippen molar-refractivity contribution in [3.8, 4) is 0 Å². The van der Waals surface area contributed by atoms with Crippen molar-refractivity contribution >= 4 is 0 Å². The quantitative estimate of drug-likeness (QED) is 0.766. The van der Waals surface area contributed by atoms with Gasteiger partial charge in [-0.15, -0.1) is 0 Å². The molecule has 0 bridgehead atoms. The van der Waals surface area contributed by atoms with Crippen molar-refractivity contribution in [2.24, 2.45) is 5.92 Å². The Morgan fingerprint density at radius 1 is 1.25 bits per heavy atom. The van der Waals surface area contributed by atoms with Crippen LogP contribution in [0.25, 0.3) is 0 Å². The van der Waals surface area contributed by atoms with Crippen LogP contribution in [0.4, 0.5) is 0 Å². The highest BCUT2D eigenvalue weighted by molar-refractivity contribution is 5.18. The van der Waals surface area contributed by atoms with Gasteiger partial charge in [-0.05, 0) is 6.07 Å². The van der Waals surface area contributed by atoms with Crippen LogP contribution < -0.4 is 4.68 Å². The highest BCUT2D eigenvalue weighted by Gasteiger charge is 2.30. The number of hydrogen-bond acceptors (Lipinski definition) is 1. The van der Waals surface area contributed by atoms with E-state index in [1.807, 2.05) is 35.4 Å². The molecule has 2 aromatic rings. The third-order valence-corrected chi connectivity index (χ3v) is 2.77. The van der Waals surface area contributed by atoms with Gasteiger partial charge in [0.25, 0.3) is 6.17 Å². The lowest BCUT2D eigenvalue weighted by Gasteiger charge is -2.14. The van der Waals surface area contributed by atoms with E-state index in [2.05, 4.69) is 39.2 Å². The van der Waals surface area contributed by atoms with Crippen LogP contribution in [-0.2, 0) is 0 Å². The average molecular weight is 213 g/mol. The minimum atomic E-state index is 0.139. The largest absolute Gasteiger partial charge is 0.284 e. The molecule has 2 heterocycles. The van der Waals surface area contributed by atoms with Gasteiger partial charge in [0.1, 0.15) is 0 Å². The first-order chi connectivity index (χ1) is 7.95. The minimum absolute atomic E-state index is 0.139. The smallest absolute Gasteiger partial charge is 0.207 e. The Bertz CT molecular complexity index is 447. The normalized spacial score (nSPS) is 17.0. The molecule has 2 aromatic heterocycles. The second-order valence-corrected chi connectivity index (χ2v) is 3.79. The summed E-state index contributed by atoms with van der Waals surface area (Å²) < 4.78 is 4.01. The lowest BCUT2D eigenvalue weighted by atomic mass is 10.1. The third kappa shape index (κ3) is 1.48. The van der Waals surface area contributed by atoms with Crippen molar-refractivity contribution in [1.29, 1.82) is 0 Å². The molecule has 0 aliphatic heterocycles. The number of aromatic nitrogens is 4. The molecule has 1 aliphatic rings. The first kappa shape index (κ1) is 9.15. The molecule has 0 fully saturated rings. The van der Waals surface area contributed by atoms with E-state index in [1.165, 1.54) is 0 Å². The highest BCUT2D eigenvalue weighted by Crippen LogP contribution is 2.20. The molecule has 16 heavy (non-hydrogen) atoms. The van der Waals surface area contributed by atoms with Gasteiger partial charge in [0.2, 0.25) is 0 Å². The van der Waals surface area contributed by atoms with E-state index in [9.17, 15) is 0 Å². The molecule has 80 valence electrons. The topological polar surface area (TPSA) is 37.5 Å². The third-order valence-electron chi connectivity index (χ3n) is 2.77. The molecule has 0 saturated heterocycles. The number of nitrogens with zero attached hydrogens (tertiary/aromatic N) is 3. The number of nitrogens with one attached hydrogen (secondary N) is 1. The van der Waals surface area contributed by atoms with Crippen molar-refractivity contribution in [3.05, 3.63) is 61.2 Å². The van der Waals surface area contributed by atoms with Crippen LogP contribution in [0.1, 0.15) is 6.17 Å². The molecule has 0 spiro atoms. The van der Waals surface area contributed by atoms with Crippen molar-refractivity contribution in [3.63, 3.8) is 0 Å². The van der Waals surface area contributed by atoms with Gasteiger partial charge in [0.15, 0.2) is 6.20 Å². The summed E-state index contributed by atoms with van der Waals surface area (Å²) in [5.41, 5.74) is 0. The van der Waals surface area contributed by atoms with E-state index in [4.69, 9.17) is 0 Å². The highest BCUT2D eigenvalue weighted by atomic mass is 15.4. The molecule has 1 atom stereocenters. The fourth-order valence-electron chi connectivity index (χ4n) is 2.05. The predicted octanol–water partition coefficient (Wildman–Crippen LogP) is 1.29. The lowest BCUT2D eigenvalue weighted by Crippen LogP contribution is -2.47. The van der Waals surface area contributed by atoms with Crippen LogP contribution in [0.2, 0.25) is 0 Å². The second-order valence-electron chi connectivity index (χ2n) is 3.79. The van der Waals surface area contributed by atoms with Crippen LogP contribution >= 0.6 is 0 Å². The fourth-order valence-corrected chi connectivity index (χ4v) is 2.05. The Hall–Kier alpha value is -2.10. The van der Waals surface area contributed by atoms with Crippen molar-refractivity contribution in [2.75, 3.05) is 0 Å². The Morgan fingerprint density at radius 2 is 2.12 bits per heavy atom. The zero-order valence-corrected chi connectivity index (χ0v) is 8.77. The molecule has 0 amide bonds. The summed E-state index contributed by atoms with van der Waals surface area (Å²) in [6.07, 6.45) is 16.4. The molecule has 1 aliphatic carbocycles. The Morgan fingerprint density at radius 3 is 2.75 bits per heavy atom. The summed E-state index contributed by atoms with van der Waals surface area (Å²) >= 11 is 0. The van der Waals surface area contributed by atoms with Crippen LogP contribution in [-0.4, -0.2) is 14.9 Å². The molecule has 3 rings (SSSR count). The first-order valence-corrected chi connectivity index (χ1v) is 5.34. The average Bonchev–Trinajstić information content (AvgIpc) is 3.02. The fraction of sp³-hybridized carbons (Fsp3) is 0.167. The summed E-state index contributed by atoms with van der Waals surface area (Å²) in [7, 11) is 0. The van der Waals surface area contributed by atoms with E-state index >= 15 is 0 Å². The maximum atomic E-state index is 4.33. The van der Waals surface area contributed by atoms with Crippen molar-refractivity contribution in [1.82, 2.24) is 14.9 Å². The van der Waals surface area contributed by atoms with E-state index in [1.54, 1.807) is 6.20 Å². The maximum absolute atomic E-state index is 4.33. The van der Waals surface area contributed by atoms with Crippen LogP contribution in [0.3, 0.4) is 0 Å². The molecule has 1 N–H and O–H groups in total. The van der Waals surface area contributed by atoms with Crippen LogP contribution in [0.15, 0.2) is 61.2 Å². The number of rotatable bonds is 3. The standard InChI is InChI=1S/C12H12N4/c1-2-6-11(5-1)12(15-9-3-7-13-15)16-10-4-8-14-16/h1-12H/p+1. The van der Waals surface area contributed by atoms with E-state index < -0.39 is 0 Å². The van der Waals surface area contributed by atoms with Gasteiger partial charge in [0, 0.05) is 18.5 Å². The summed E-state index contributed by atoms with van der Waals surface area (Å²) in [6.45, 7) is 0.